The Morgan fingerprint density at radius 1 is 1.05 bits per heavy atom. The molecule has 0 aliphatic carbocycles. The Kier molecular flexibility index (Phi) is 4.32. The first-order valence-electron chi connectivity index (χ1n) is 5.60. The fraction of sp³-hybridized carbons (Fsp3) is 0.0714. The number of alkyl halides is 3. The number of carbonyl (C=O) groups is 1. The van der Waals surface area contributed by atoms with E-state index in [1.54, 1.807) is 0 Å². The molecule has 0 aromatic heterocycles. The Morgan fingerprint density at radius 3 is 2.38 bits per heavy atom. The molecule has 0 bridgehead atoms. The number of benzene rings is 2. The van der Waals surface area contributed by atoms with Gasteiger partial charge < -0.3 is 4.74 Å². The molecule has 0 aliphatic rings. The molecule has 2 nitrogen and oxygen atoms in total. The molecule has 0 fully saturated rings. The highest BCUT2D eigenvalue weighted by Gasteiger charge is 2.35. The van der Waals surface area contributed by atoms with Crippen LogP contribution >= 0.6 is 15.9 Å². The van der Waals surface area contributed by atoms with E-state index in [0.717, 1.165) is 18.2 Å². The Balaban J connectivity index is 2.48. The highest BCUT2D eigenvalue weighted by atomic mass is 79.9. The molecule has 0 unspecified atom stereocenters. The molecule has 2 rings (SSSR count). The van der Waals surface area contributed by atoms with Crippen LogP contribution in [0.5, 0.6) is 11.5 Å². The number of carbonyl (C=O) groups excluding carboxylic acids is 1. The van der Waals surface area contributed by atoms with Crippen LogP contribution in [0.1, 0.15) is 15.9 Å². The summed E-state index contributed by atoms with van der Waals surface area (Å²) >= 11 is 3.08. The third-order valence-corrected chi connectivity index (χ3v) is 3.05. The third kappa shape index (κ3) is 3.60. The lowest BCUT2D eigenvalue weighted by Crippen LogP contribution is -2.08. The largest absolute Gasteiger partial charge is 0.454 e. The molecule has 0 radical (unpaired) electrons. The summed E-state index contributed by atoms with van der Waals surface area (Å²) in [4.78, 5) is 10.6. The molecule has 0 heterocycles. The monoisotopic (exact) mass is 362 g/mol. The topological polar surface area (TPSA) is 26.3 Å². The van der Waals surface area contributed by atoms with Crippen molar-refractivity contribution in [3.05, 3.63) is 57.8 Å². The molecule has 0 saturated heterocycles. The first-order chi connectivity index (χ1) is 9.81. The SMILES string of the molecule is O=Cc1ccc(Oc2cc(Br)ccc2F)c(C(F)(F)F)c1. The number of hydrogen-bond acceptors (Lipinski definition) is 2. The maximum absolute atomic E-state index is 13.5. The van der Waals surface area contributed by atoms with Crippen molar-refractivity contribution < 1.29 is 27.1 Å². The number of hydrogen-bond donors (Lipinski definition) is 0. The van der Waals surface area contributed by atoms with E-state index >= 15 is 0 Å². The van der Waals surface area contributed by atoms with Crippen molar-refractivity contribution in [1.82, 2.24) is 0 Å². The zero-order valence-corrected chi connectivity index (χ0v) is 11.8. The Bertz CT molecular complexity index is 683. The lowest BCUT2D eigenvalue weighted by Gasteiger charge is -2.14. The Labute approximate surface area is 125 Å². The molecule has 0 amide bonds. The van der Waals surface area contributed by atoms with Crippen molar-refractivity contribution in [2.45, 2.75) is 6.18 Å². The first kappa shape index (κ1) is 15.5. The predicted octanol–water partition coefficient (Wildman–Crippen LogP) is 5.21. The van der Waals surface area contributed by atoms with Gasteiger partial charge in [-0.1, -0.05) is 15.9 Å². The van der Waals surface area contributed by atoms with Gasteiger partial charge in [0.25, 0.3) is 0 Å². The van der Waals surface area contributed by atoms with E-state index in [1.165, 1.54) is 12.1 Å². The maximum Gasteiger partial charge on any atom is 0.420 e. The number of halogens is 5. The standard InChI is InChI=1S/C14H7BrF4O2/c15-9-2-3-11(16)13(6-9)21-12-4-1-8(7-20)5-10(12)14(17,18)19/h1-7H. The molecule has 7 heteroatoms. The van der Waals surface area contributed by atoms with Gasteiger partial charge in [0.15, 0.2) is 11.6 Å². The third-order valence-electron chi connectivity index (χ3n) is 2.56. The summed E-state index contributed by atoms with van der Waals surface area (Å²) in [6, 6.07) is 6.45. The van der Waals surface area contributed by atoms with Crippen LogP contribution in [0.15, 0.2) is 40.9 Å². The van der Waals surface area contributed by atoms with Crippen LogP contribution in [-0.4, -0.2) is 6.29 Å². The van der Waals surface area contributed by atoms with Gasteiger partial charge in [-0.25, -0.2) is 4.39 Å². The van der Waals surface area contributed by atoms with Gasteiger partial charge in [-0.3, -0.25) is 4.79 Å². The Hall–Kier alpha value is -1.89. The minimum absolute atomic E-state index is 0.149. The van der Waals surface area contributed by atoms with Crippen molar-refractivity contribution in [3.63, 3.8) is 0 Å². The van der Waals surface area contributed by atoms with E-state index in [-0.39, 0.29) is 11.3 Å². The van der Waals surface area contributed by atoms with E-state index in [4.69, 9.17) is 4.74 Å². The molecular formula is C14H7BrF4O2. The first-order valence-corrected chi connectivity index (χ1v) is 6.40. The van der Waals surface area contributed by atoms with Crippen LogP contribution in [-0.2, 0) is 6.18 Å². The highest BCUT2D eigenvalue weighted by Crippen LogP contribution is 2.39. The van der Waals surface area contributed by atoms with Crippen molar-refractivity contribution in [1.29, 1.82) is 0 Å². The second-order valence-electron chi connectivity index (χ2n) is 4.05. The second-order valence-corrected chi connectivity index (χ2v) is 4.96. The average Bonchev–Trinajstić information content (AvgIpc) is 2.42. The number of rotatable bonds is 3. The molecular weight excluding hydrogens is 356 g/mol. The van der Waals surface area contributed by atoms with Crippen LogP contribution in [0, 0.1) is 5.82 Å². The summed E-state index contributed by atoms with van der Waals surface area (Å²) in [5, 5.41) is 0. The number of ether oxygens (including phenoxy) is 1. The molecule has 110 valence electrons. The zero-order chi connectivity index (χ0) is 15.6. The van der Waals surface area contributed by atoms with Crippen LogP contribution in [0.4, 0.5) is 17.6 Å². The van der Waals surface area contributed by atoms with E-state index in [1.807, 2.05) is 0 Å². The lowest BCUT2D eigenvalue weighted by molar-refractivity contribution is -0.138. The summed E-state index contributed by atoms with van der Waals surface area (Å²) in [5.41, 5.74) is -1.30. The van der Waals surface area contributed by atoms with Gasteiger partial charge in [-0.2, -0.15) is 13.2 Å². The minimum atomic E-state index is -4.73. The van der Waals surface area contributed by atoms with Gasteiger partial charge in [-0.05, 0) is 36.4 Å². The molecule has 0 spiro atoms. The quantitative estimate of drug-likeness (QED) is 0.553. The van der Waals surface area contributed by atoms with Crippen molar-refractivity contribution in [2.75, 3.05) is 0 Å². The van der Waals surface area contributed by atoms with Crippen molar-refractivity contribution in [3.8, 4) is 11.5 Å². The van der Waals surface area contributed by atoms with Gasteiger partial charge in [-0.15, -0.1) is 0 Å². The average molecular weight is 363 g/mol. The van der Waals surface area contributed by atoms with E-state index in [2.05, 4.69) is 15.9 Å². The molecule has 0 saturated carbocycles. The summed E-state index contributed by atoms with van der Waals surface area (Å²) < 4.78 is 57.9. The Morgan fingerprint density at radius 2 is 1.76 bits per heavy atom. The van der Waals surface area contributed by atoms with Crippen LogP contribution in [0.2, 0.25) is 0 Å². The normalized spacial score (nSPS) is 11.3. The van der Waals surface area contributed by atoms with Crippen molar-refractivity contribution >= 4 is 22.2 Å². The highest BCUT2D eigenvalue weighted by molar-refractivity contribution is 9.10. The predicted molar refractivity (Wildman–Crippen MR) is 71.0 cm³/mol. The van der Waals surface area contributed by atoms with Gasteiger partial charge >= 0.3 is 6.18 Å². The molecule has 0 N–H and O–H groups in total. The van der Waals surface area contributed by atoms with Crippen molar-refractivity contribution in [2.24, 2.45) is 0 Å². The maximum atomic E-state index is 13.5. The van der Waals surface area contributed by atoms with Gasteiger partial charge in [0.1, 0.15) is 12.0 Å². The van der Waals surface area contributed by atoms with Gasteiger partial charge in [0.2, 0.25) is 0 Å². The van der Waals surface area contributed by atoms with E-state index in [0.29, 0.717) is 16.8 Å². The summed E-state index contributed by atoms with van der Waals surface area (Å²) in [6.07, 6.45) is -4.43. The summed E-state index contributed by atoms with van der Waals surface area (Å²) in [5.74, 6) is -1.73. The minimum Gasteiger partial charge on any atom is -0.454 e. The van der Waals surface area contributed by atoms with E-state index in [9.17, 15) is 22.4 Å². The van der Waals surface area contributed by atoms with Crippen LogP contribution in [0.3, 0.4) is 0 Å². The van der Waals surface area contributed by atoms with Gasteiger partial charge in [0, 0.05) is 10.0 Å². The van der Waals surface area contributed by atoms with E-state index < -0.39 is 23.3 Å². The second kappa shape index (κ2) is 5.85. The molecule has 2 aromatic carbocycles. The lowest BCUT2D eigenvalue weighted by atomic mass is 10.1. The van der Waals surface area contributed by atoms with Gasteiger partial charge in [0.05, 0.1) is 5.56 Å². The molecule has 0 aliphatic heterocycles. The number of aldehydes is 1. The molecule has 0 atom stereocenters. The smallest absolute Gasteiger partial charge is 0.420 e. The van der Waals surface area contributed by atoms with Crippen LogP contribution < -0.4 is 4.74 Å². The molecule has 21 heavy (non-hydrogen) atoms. The summed E-state index contributed by atoms with van der Waals surface area (Å²) in [6.45, 7) is 0. The zero-order valence-electron chi connectivity index (χ0n) is 10.2. The fourth-order valence-electron chi connectivity index (χ4n) is 1.61. The molecule has 2 aromatic rings. The van der Waals surface area contributed by atoms with Crippen LogP contribution in [0.25, 0.3) is 0 Å². The fourth-order valence-corrected chi connectivity index (χ4v) is 1.95. The summed E-state index contributed by atoms with van der Waals surface area (Å²) in [7, 11) is 0.